The third-order valence-electron chi connectivity index (χ3n) is 5.16. The summed E-state index contributed by atoms with van der Waals surface area (Å²) in [4.78, 5) is 18.2. The lowest BCUT2D eigenvalue weighted by Gasteiger charge is -2.33. The Bertz CT molecular complexity index is 736. The molecule has 1 aliphatic heterocycles. The third kappa shape index (κ3) is 3.22. The van der Waals surface area contributed by atoms with Crippen molar-refractivity contribution in [2.24, 2.45) is 0 Å². The molecule has 1 N–H and O–H groups in total. The van der Waals surface area contributed by atoms with Crippen LogP contribution in [-0.2, 0) is 6.54 Å². The molecule has 126 valence electrons. The monoisotopic (exact) mass is 325 g/mol. The number of hydrogen-bond acceptors (Lipinski definition) is 3. The van der Waals surface area contributed by atoms with Gasteiger partial charge in [0.05, 0.1) is 12.1 Å². The third-order valence-corrected chi connectivity index (χ3v) is 5.16. The number of benzene rings is 1. The van der Waals surface area contributed by atoms with Crippen LogP contribution in [0.2, 0.25) is 0 Å². The van der Waals surface area contributed by atoms with Gasteiger partial charge in [-0.2, -0.15) is 0 Å². The van der Waals surface area contributed by atoms with Crippen molar-refractivity contribution in [3.63, 3.8) is 0 Å². The van der Waals surface area contributed by atoms with Gasteiger partial charge in [-0.25, -0.2) is 9.78 Å². The van der Waals surface area contributed by atoms with Crippen molar-refractivity contribution in [2.75, 3.05) is 13.1 Å². The van der Waals surface area contributed by atoms with E-state index in [9.17, 15) is 9.90 Å². The topological polar surface area (TPSA) is 58.4 Å². The van der Waals surface area contributed by atoms with Gasteiger partial charge < -0.3 is 9.67 Å². The highest BCUT2D eigenvalue weighted by atomic mass is 16.4. The van der Waals surface area contributed by atoms with E-state index >= 15 is 0 Å². The molecule has 1 atom stereocenters. The first kappa shape index (κ1) is 15.4. The van der Waals surface area contributed by atoms with Crippen LogP contribution in [0.5, 0.6) is 0 Å². The number of aromatic nitrogens is 2. The van der Waals surface area contributed by atoms with Crippen molar-refractivity contribution in [3.05, 3.63) is 53.6 Å². The summed E-state index contributed by atoms with van der Waals surface area (Å²) in [7, 11) is 0. The molecule has 0 radical (unpaired) electrons. The smallest absolute Gasteiger partial charge is 0.335 e. The van der Waals surface area contributed by atoms with Crippen LogP contribution in [0.15, 0.2) is 36.7 Å². The van der Waals surface area contributed by atoms with Gasteiger partial charge in [-0.15, -0.1) is 0 Å². The summed E-state index contributed by atoms with van der Waals surface area (Å²) in [5.74, 6) is 0.718. The van der Waals surface area contributed by atoms with Gasteiger partial charge in [0.15, 0.2) is 0 Å². The average Bonchev–Trinajstić information content (AvgIpc) is 3.35. The zero-order chi connectivity index (χ0) is 16.5. The standard InChI is InChI=1S/C19H23N3O2/c23-19(24)15-4-1-3-14(11-15)16-5-2-9-21(12-16)13-18-20-8-10-22(18)17-6-7-17/h1,3-4,8,10-11,16-17H,2,5-7,9,12-13H2,(H,23,24)/t16-/m1/s1. The summed E-state index contributed by atoms with van der Waals surface area (Å²) in [6.45, 7) is 2.95. The molecule has 1 saturated heterocycles. The predicted molar refractivity (Wildman–Crippen MR) is 91.2 cm³/mol. The molecule has 24 heavy (non-hydrogen) atoms. The molecule has 1 aromatic heterocycles. The van der Waals surface area contributed by atoms with Crippen LogP contribution in [0.3, 0.4) is 0 Å². The van der Waals surface area contributed by atoms with Crippen molar-refractivity contribution in [1.29, 1.82) is 0 Å². The largest absolute Gasteiger partial charge is 0.478 e. The number of imidazole rings is 1. The van der Waals surface area contributed by atoms with E-state index < -0.39 is 5.97 Å². The Balaban J connectivity index is 1.46. The van der Waals surface area contributed by atoms with Crippen molar-refractivity contribution in [3.8, 4) is 0 Å². The molecule has 1 aromatic carbocycles. The van der Waals surface area contributed by atoms with Gasteiger partial charge in [0.25, 0.3) is 0 Å². The van der Waals surface area contributed by atoms with Crippen molar-refractivity contribution in [2.45, 2.75) is 44.2 Å². The Hall–Kier alpha value is -2.14. The molecule has 0 amide bonds. The van der Waals surface area contributed by atoms with Crippen LogP contribution < -0.4 is 0 Å². The maximum absolute atomic E-state index is 11.2. The highest BCUT2D eigenvalue weighted by Crippen LogP contribution is 2.36. The number of carboxylic acids is 1. The van der Waals surface area contributed by atoms with Gasteiger partial charge in [-0.05, 0) is 55.8 Å². The van der Waals surface area contributed by atoms with E-state index in [1.54, 1.807) is 6.07 Å². The van der Waals surface area contributed by atoms with Crippen LogP contribution in [0, 0.1) is 0 Å². The van der Waals surface area contributed by atoms with Crippen molar-refractivity contribution < 1.29 is 9.90 Å². The number of rotatable bonds is 5. The second-order valence-corrected chi connectivity index (χ2v) is 6.99. The molecule has 5 heteroatoms. The van der Waals surface area contributed by atoms with E-state index in [1.807, 2.05) is 18.3 Å². The highest BCUT2D eigenvalue weighted by molar-refractivity contribution is 5.87. The fourth-order valence-electron chi connectivity index (χ4n) is 3.75. The number of piperidine rings is 1. The number of likely N-dealkylation sites (tertiary alicyclic amines) is 1. The normalized spacial score (nSPS) is 21.8. The Morgan fingerprint density at radius 1 is 1.29 bits per heavy atom. The van der Waals surface area contributed by atoms with Gasteiger partial charge in [0, 0.05) is 25.0 Å². The Labute approximate surface area is 141 Å². The molecule has 1 aliphatic carbocycles. The first-order chi connectivity index (χ1) is 11.7. The summed E-state index contributed by atoms with van der Waals surface area (Å²) in [6, 6.07) is 8.08. The summed E-state index contributed by atoms with van der Waals surface area (Å²) in [5.41, 5.74) is 1.53. The van der Waals surface area contributed by atoms with Crippen molar-refractivity contribution >= 4 is 5.97 Å². The second kappa shape index (κ2) is 6.40. The van der Waals surface area contributed by atoms with Gasteiger partial charge >= 0.3 is 5.97 Å². The lowest BCUT2D eigenvalue weighted by Crippen LogP contribution is -2.34. The minimum atomic E-state index is -0.851. The summed E-state index contributed by atoms with van der Waals surface area (Å²) in [5, 5.41) is 9.20. The molecular weight excluding hydrogens is 302 g/mol. The minimum Gasteiger partial charge on any atom is -0.478 e. The quantitative estimate of drug-likeness (QED) is 0.916. The van der Waals surface area contributed by atoms with E-state index in [1.165, 1.54) is 12.8 Å². The first-order valence-corrected chi connectivity index (χ1v) is 8.78. The van der Waals surface area contributed by atoms with E-state index in [0.717, 1.165) is 43.9 Å². The maximum atomic E-state index is 11.2. The summed E-state index contributed by atoms with van der Waals surface area (Å²) < 4.78 is 2.33. The van der Waals surface area contributed by atoms with Crippen LogP contribution in [0.25, 0.3) is 0 Å². The molecule has 0 bridgehead atoms. The van der Waals surface area contributed by atoms with E-state index in [-0.39, 0.29) is 0 Å². The van der Waals surface area contributed by atoms with E-state index in [2.05, 4.69) is 26.7 Å². The number of carboxylic acid groups (broad SMARTS) is 1. The van der Waals surface area contributed by atoms with Crippen LogP contribution in [0.4, 0.5) is 0 Å². The zero-order valence-corrected chi connectivity index (χ0v) is 13.8. The Morgan fingerprint density at radius 3 is 2.96 bits per heavy atom. The summed E-state index contributed by atoms with van der Waals surface area (Å²) >= 11 is 0. The van der Waals surface area contributed by atoms with Gasteiger partial charge in [0.2, 0.25) is 0 Å². The lowest BCUT2D eigenvalue weighted by molar-refractivity contribution is 0.0696. The van der Waals surface area contributed by atoms with Crippen molar-refractivity contribution in [1.82, 2.24) is 14.5 Å². The predicted octanol–water partition coefficient (Wildman–Crippen LogP) is 3.30. The molecule has 2 aliphatic rings. The zero-order valence-electron chi connectivity index (χ0n) is 13.8. The molecule has 1 saturated carbocycles. The van der Waals surface area contributed by atoms with Gasteiger partial charge in [-0.1, -0.05) is 12.1 Å². The maximum Gasteiger partial charge on any atom is 0.335 e. The number of nitrogens with zero attached hydrogens (tertiary/aromatic N) is 3. The molecule has 5 nitrogen and oxygen atoms in total. The molecule has 2 aromatic rings. The average molecular weight is 325 g/mol. The number of carbonyl (C=O) groups is 1. The molecule has 4 rings (SSSR count). The Morgan fingerprint density at radius 2 is 2.17 bits per heavy atom. The molecule has 0 unspecified atom stereocenters. The van der Waals surface area contributed by atoms with Gasteiger partial charge in [-0.3, -0.25) is 4.90 Å². The van der Waals surface area contributed by atoms with Crippen LogP contribution in [0.1, 0.15) is 59.4 Å². The van der Waals surface area contributed by atoms with Crippen LogP contribution in [-0.4, -0.2) is 38.6 Å². The van der Waals surface area contributed by atoms with E-state index in [0.29, 0.717) is 17.5 Å². The molecule has 2 heterocycles. The fourth-order valence-corrected chi connectivity index (χ4v) is 3.75. The number of hydrogen-bond donors (Lipinski definition) is 1. The minimum absolute atomic E-state index is 0.383. The fraction of sp³-hybridized carbons (Fsp3) is 0.474. The van der Waals surface area contributed by atoms with Gasteiger partial charge in [0.1, 0.15) is 5.82 Å². The Kier molecular flexibility index (Phi) is 4.10. The molecule has 2 fully saturated rings. The highest BCUT2D eigenvalue weighted by Gasteiger charge is 2.27. The first-order valence-electron chi connectivity index (χ1n) is 8.78. The molecule has 0 spiro atoms. The van der Waals surface area contributed by atoms with Crippen LogP contribution >= 0.6 is 0 Å². The SMILES string of the molecule is O=C(O)c1cccc([C@@H]2CCCN(Cc3nccn3C3CC3)C2)c1. The lowest BCUT2D eigenvalue weighted by atomic mass is 9.89. The summed E-state index contributed by atoms with van der Waals surface area (Å²) in [6.07, 6.45) is 8.82. The molecular formula is C19H23N3O2. The van der Waals surface area contributed by atoms with E-state index in [4.69, 9.17) is 0 Å². The second-order valence-electron chi connectivity index (χ2n) is 6.99. The number of aromatic carboxylic acids is 1.